The standard InChI is InChI=1S/C7H12O3/c8-3-7-1-5(9)6(2-7)10-4-7/h5-6,8-9H,1-4H2/t5?,6?,7-/m0/s1. The zero-order chi connectivity index (χ0) is 7.19. The second-order valence-corrected chi connectivity index (χ2v) is 3.48. The molecule has 58 valence electrons. The van der Waals surface area contributed by atoms with E-state index < -0.39 is 0 Å². The molecular formula is C7H12O3. The van der Waals surface area contributed by atoms with E-state index in [1.165, 1.54) is 0 Å². The molecule has 3 heteroatoms. The molecule has 2 bridgehead atoms. The molecule has 2 unspecified atom stereocenters. The summed E-state index contributed by atoms with van der Waals surface area (Å²) in [7, 11) is 0. The molecule has 1 saturated heterocycles. The van der Waals surface area contributed by atoms with Gasteiger partial charge in [-0.1, -0.05) is 0 Å². The Bertz CT molecular complexity index is 144. The summed E-state index contributed by atoms with van der Waals surface area (Å²) in [5.41, 5.74) is -0.0932. The highest BCUT2D eigenvalue weighted by Gasteiger charge is 2.50. The lowest BCUT2D eigenvalue weighted by Gasteiger charge is -2.24. The van der Waals surface area contributed by atoms with Gasteiger partial charge in [0.25, 0.3) is 0 Å². The van der Waals surface area contributed by atoms with Gasteiger partial charge in [0, 0.05) is 5.41 Å². The van der Waals surface area contributed by atoms with Crippen molar-refractivity contribution < 1.29 is 14.9 Å². The van der Waals surface area contributed by atoms with Crippen molar-refractivity contribution in [3.8, 4) is 0 Å². The first-order chi connectivity index (χ1) is 4.76. The summed E-state index contributed by atoms with van der Waals surface area (Å²) in [6.45, 7) is 0.784. The Balaban J connectivity index is 2.14. The zero-order valence-electron chi connectivity index (χ0n) is 5.79. The van der Waals surface area contributed by atoms with Gasteiger partial charge in [-0.3, -0.25) is 0 Å². The average molecular weight is 144 g/mol. The maximum Gasteiger partial charge on any atom is 0.0841 e. The lowest BCUT2D eigenvalue weighted by Crippen LogP contribution is -2.31. The van der Waals surface area contributed by atoms with Gasteiger partial charge in [0.1, 0.15) is 0 Å². The number of ether oxygens (including phenoxy) is 1. The summed E-state index contributed by atoms with van der Waals surface area (Å²) >= 11 is 0. The Morgan fingerprint density at radius 2 is 2.30 bits per heavy atom. The monoisotopic (exact) mass is 144 g/mol. The SMILES string of the molecule is OC[C@@]12COC(C1)C(O)C2. The predicted octanol–water partition coefficient (Wildman–Crippen LogP) is -0.481. The molecule has 0 aromatic rings. The summed E-state index contributed by atoms with van der Waals surface area (Å²) in [5.74, 6) is 0. The van der Waals surface area contributed by atoms with Crippen molar-refractivity contribution in [3.63, 3.8) is 0 Å². The Kier molecular flexibility index (Phi) is 1.27. The van der Waals surface area contributed by atoms with Crippen LogP contribution in [0.1, 0.15) is 12.8 Å². The van der Waals surface area contributed by atoms with Crippen LogP contribution in [0.25, 0.3) is 0 Å². The molecule has 1 heterocycles. The Morgan fingerprint density at radius 3 is 2.60 bits per heavy atom. The molecule has 1 aliphatic heterocycles. The summed E-state index contributed by atoms with van der Waals surface area (Å²) in [4.78, 5) is 0. The van der Waals surface area contributed by atoms with E-state index in [0.29, 0.717) is 13.0 Å². The van der Waals surface area contributed by atoms with Gasteiger partial charge in [-0.05, 0) is 12.8 Å². The molecule has 0 spiro atoms. The van der Waals surface area contributed by atoms with Crippen LogP contribution in [0, 0.1) is 5.41 Å². The van der Waals surface area contributed by atoms with Crippen molar-refractivity contribution in [1.29, 1.82) is 0 Å². The normalized spacial score (nSPS) is 52.2. The number of hydrogen-bond donors (Lipinski definition) is 2. The molecule has 2 fully saturated rings. The van der Waals surface area contributed by atoms with Crippen molar-refractivity contribution >= 4 is 0 Å². The van der Waals surface area contributed by atoms with Crippen LogP contribution < -0.4 is 0 Å². The van der Waals surface area contributed by atoms with Crippen LogP contribution in [0.3, 0.4) is 0 Å². The second-order valence-electron chi connectivity index (χ2n) is 3.48. The molecule has 3 atom stereocenters. The van der Waals surface area contributed by atoms with Crippen LogP contribution in [0.5, 0.6) is 0 Å². The molecule has 10 heavy (non-hydrogen) atoms. The first-order valence-corrected chi connectivity index (χ1v) is 3.66. The number of aliphatic hydroxyl groups excluding tert-OH is 2. The van der Waals surface area contributed by atoms with Crippen molar-refractivity contribution in [2.75, 3.05) is 13.2 Å². The highest BCUT2D eigenvalue weighted by atomic mass is 16.5. The first-order valence-electron chi connectivity index (χ1n) is 3.66. The van der Waals surface area contributed by atoms with Crippen molar-refractivity contribution in [3.05, 3.63) is 0 Å². The molecule has 0 radical (unpaired) electrons. The van der Waals surface area contributed by atoms with Gasteiger partial charge in [0.05, 0.1) is 25.4 Å². The Hall–Kier alpha value is -0.120. The third-order valence-electron chi connectivity index (χ3n) is 2.64. The molecule has 1 aliphatic carbocycles. The smallest absolute Gasteiger partial charge is 0.0841 e. The quantitative estimate of drug-likeness (QED) is 0.522. The summed E-state index contributed by atoms with van der Waals surface area (Å²) in [5, 5.41) is 18.2. The molecule has 2 N–H and O–H groups in total. The lowest BCUT2D eigenvalue weighted by atomic mass is 9.89. The predicted molar refractivity (Wildman–Crippen MR) is 34.5 cm³/mol. The summed E-state index contributed by atoms with van der Waals surface area (Å²) in [6, 6.07) is 0. The Labute approximate surface area is 59.6 Å². The lowest BCUT2D eigenvalue weighted by molar-refractivity contribution is -0.0514. The fourth-order valence-electron chi connectivity index (χ4n) is 1.97. The molecule has 2 rings (SSSR count). The highest BCUT2D eigenvalue weighted by Crippen LogP contribution is 2.45. The fourth-order valence-corrected chi connectivity index (χ4v) is 1.97. The summed E-state index contributed by atoms with van der Waals surface area (Å²) in [6.07, 6.45) is 1.23. The second kappa shape index (κ2) is 1.94. The van der Waals surface area contributed by atoms with Crippen LogP contribution >= 0.6 is 0 Å². The highest BCUT2D eigenvalue weighted by molar-refractivity contribution is 4.99. The largest absolute Gasteiger partial charge is 0.396 e. The minimum absolute atomic E-state index is 0.00662. The van der Waals surface area contributed by atoms with Gasteiger partial charge in [0.2, 0.25) is 0 Å². The minimum Gasteiger partial charge on any atom is -0.396 e. The number of rotatable bonds is 1. The number of hydrogen-bond acceptors (Lipinski definition) is 3. The molecular weight excluding hydrogens is 132 g/mol. The van der Waals surface area contributed by atoms with Crippen LogP contribution in [-0.4, -0.2) is 35.6 Å². The third-order valence-corrected chi connectivity index (χ3v) is 2.64. The summed E-state index contributed by atoms with van der Waals surface area (Å²) < 4.78 is 5.25. The van der Waals surface area contributed by atoms with Gasteiger partial charge >= 0.3 is 0 Å². The van der Waals surface area contributed by atoms with E-state index in [1.54, 1.807) is 0 Å². The van der Waals surface area contributed by atoms with E-state index in [0.717, 1.165) is 6.42 Å². The zero-order valence-corrected chi connectivity index (χ0v) is 5.79. The van der Waals surface area contributed by atoms with Crippen LogP contribution in [0.4, 0.5) is 0 Å². The molecule has 0 amide bonds. The van der Waals surface area contributed by atoms with Crippen molar-refractivity contribution in [2.45, 2.75) is 25.0 Å². The van der Waals surface area contributed by atoms with Crippen LogP contribution in [0.2, 0.25) is 0 Å². The van der Waals surface area contributed by atoms with Crippen LogP contribution in [0.15, 0.2) is 0 Å². The van der Waals surface area contributed by atoms with Gasteiger partial charge < -0.3 is 14.9 Å². The van der Waals surface area contributed by atoms with Gasteiger partial charge in [0.15, 0.2) is 0 Å². The molecule has 2 aliphatic rings. The minimum atomic E-state index is -0.333. The van der Waals surface area contributed by atoms with E-state index in [1.807, 2.05) is 0 Å². The molecule has 0 aromatic carbocycles. The van der Waals surface area contributed by atoms with Crippen molar-refractivity contribution in [1.82, 2.24) is 0 Å². The first kappa shape index (κ1) is 6.58. The Morgan fingerprint density at radius 1 is 1.50 bits per heavy atom. The fraction of sp³-hybridized carbons (Fsp3) is 1.00. The maximum absolute atomic E-state index is 9.28. The van der Waals surface area contributed by atoms with E-state index in [4.69, 9.17) is 9.84 Å². The van der Waals surface area contributed by atoms with Gasteiger partial charge in [-0.15, -0.1) is 0 Å². The van der Waals surface area contributed by atoms with E-state index >= 15 is 0 Å². The van der Waals surface area contributed by atoms with Gasteiger partial charge in [-0.25, -0.2) is 0 Å². The van der Waals surface area contributed by atoms with E-state index in [9.17, 15) is 5.11 Å². The third kappa shape index (κ3) is 0.713. The van der Waals surface area contributed by atoms with Crippen molar-refractivity contribution in [2.24, 2.45) is 5.41 Å². The molecule has 1 saturated carbocycles. The number of fused-ring (bicyclic) bond motifs is 2. The van der Waals surface area contributed by atoms with E-state index in [-0.39, 0.29) is 24.2 Å². The number of aliphatic hydroxyl groups is 2. The molecule has 0 aromatic heterocycles. The molecule has 3 nitrogen and oxygen atoms in total. The van der Waals surface area contributed by atoms with Gasteiger partial charge in [-0.2, -0.15) is 0 Å². The van der Waals surface area contributed by atoms with Crippen LogP contribution in [-0.2, 0) is 4.74 Å². The van der Waals surface area contributed by atoms with E-state index in [2.05, 4.69) is 0 Å². The maximum atomic E-state index is 9.28. The average Bonchev–Trinajstić information content (AvgIpc) is 2.45. The topological polar surface area (TPSA) is 49.7 Å².